The third kappa shape index (κ3) is 4.53. The van der Waals surface area contributed by atoms with Gasteiger partial charge in [0.15, 0.2) is 0 Å². The van der Waals surface area contributed by atoms with Crippen molar-refractivity contribution in [3.05, 3.63) is 59.7 Å². The van der Waals surface area contributed by atoms with Crippen molar-refractivity contribution >= 4 is 5.84 Å². The summed E-state index contributed by atoms with van der Waals surface area (Å²) in [5, 5.41) is 7.31. The molecule has 0 aromatic heterocycles. The molecule has 0 unspecified atom stereocenters. The van der Waals surface area contributed by atoms with Crippen LogP contribution in [0.15, 0.2) is 48.5 Å². The highest BCUT2D eigenvalue weighted by atomic mass is 16.5. The van der Waals surface area contributed by atoms with E-state index in [9.17, 15) is 0 Å². The summed E-state index contributed by atoms with van der Waals surface area (Å²) in [6.45, 7) is 3.08. The molecule has 21 heavy (non-hydrogen) atoms. The molecule has 0 spiro atoms. The van der Waals surface area contributed by atoms with E-state index in [1.807, 2.05) is 12.1 Å². The van der Waals surface area contributed by atoms with Crippen LogP contribution < -0.4 is 15.2 Å². The number of nitrogens with two attached hydrogens (primary N) is 1. The predicted molar refractivity (Wildman–Crippen MR) is 84.3 cm³/mol. The maximum Gasteiger partial charge on any atom is 0.122 e. The number of ether oxygens (including phenoxy) is 2. The first kappa shape index (κ1) is 14.9. The maximum absolute atomic E-state index is 7.31. The zero-order valence-corrected chi connectivity index (χ0v) is 12.1. The molecule has 0 saturated carbocycles. The Balaban J connectivity index is 1.74. The second kappa shape index (κ2) is 7.33. The van der Waals surface area contributed by atoms with Crippen molar-refractivity contribution < 1.29 is 9.47 Å². The van der Waals surface area contributed by atoms with E-state index < -0.39 is 0 Å². The summed E-state index contributed by atoms with van der Waals surface area (Å²) < 4.78 is 11.2. The molecule has 0 fully saturated rings. The fourth-order valence-corrected chi connectivity index (χ4v) is 1.87. The minimum atomic E-state index is 0.0559. The largest absolute Gasteiger partial charge is 0.490 e. The van der Waals surface area contributed by atoms with E-state index in [1.54, 1.807) is 24.3 Å². The molecule has 4 nitrogen and oxygen atoms in total. The fraction of sp³-hybridized carbons (Fsp3) is 0.235. The van der Waals surface area contributed by atoms with Gasteiger partial charge in [-0.25, -0.2) is 0 Å². The van der Waals surface area contributed by atoms with E-state index in [-0.39, 0.29) is 5.84 Å². The molecule has 110 valence electrons. The number of hydrogen-bond donors (Lipinski definition) is 2. The van der Waals surface area contributed by atoms with Crippen molar-refractivity contribution in [3.63, 3.8) is 0 Å². The first-order valence-electron chi connectivity index (χ1n) is 6.98. The average molecular weight is 284 g/mol. The van der Waals surface area contributed by atoms with Crippen molar-refractivity contribution in [2.75, 3.05) is 13.2 Å². The van der Waals surface area contributed by atoms with Crippen LogP contribution in [0.5, 0.6) is 11.5 Å². The van der Waals surface area contributed by atoms with Crippen LogP contribution >= 0.6 is 0 Å². The second-order valence-electron chi connectivity index (χ2n) is 4.63. The summed E-state index contributed by atoms with van der Waals surface area (Å²) in [6, 6.07) is 15.2. The number of benzene rings is 2. The smallest absolute Gasteiger partial charge is 0.122 e. The van der Waals surface area contributed by atoms with Gasteiger partial charge in [0.1, 0.15) is 30.5 Å². The lowest BCUT2D eigenvalue weighted by molar-refractivity contribution is 0.217. The van der Waals surface area contributed by atoms with Crippen molar-refractivity contribution in [1.82, 2.24) is 0 Å². The third-order valence-electron chi connectivity index (χ3n) is 3.12. The van der Waals surface area contributed by atoms with Crippen LogP contribution in [0, 0.1) is 5.41 Å². The highest BCUT2D eigenvalue weighted by Gasteiger charge is 1.98. The molecular formula is C17H20N2O2. The minimum Gasteiger partial charge on any atom is -0.490 e. The molecule has 3 N–H and O–H groups in total. The molecule has 2 rings (SSSR count). The topological polar surface area (TPSA) is 68.3 Å². The standard InChI is InChI=1S/C17H20N2O2/c1-2-13-3-7-15(8-4-13)20-11-12-21-16-9-5-14(6-10-16)17(18)19/h3-10H,2,11-12H2,1H3,(H3,18,19). The minimum absolute atomic E-state index is 0.0559. The van der Waals surface area contributed by atoms with Crippen LogP contribution in [0.2, 0.25) is 0 Å². The van der Waals surface area contributed by atoms with Gasteiger partial charge in [0.05, 0.1) is 0 Å². The molecular weight excluding hydrogens is 264 g/mol. The van der Waals surface area contributed by atoms with Gasteiger partial charge in [-0.2, -0.15) is 0 Å². The summed E-state index contributed by atoms with van der Waals surface area (Å²) >= 11 is 0. The monoisotopic (exact) mass is 284 g/mol. The van der Waals surface area contributed by atoms with Gasteiger partial charge >= 0.3 is 0 Å². The zero-order chi connectivity index (χ0) is 15.1. The molecule has 4 heteroatoms. The number of nitrogen functional groups attached to an aromatic ring is 1. The van der Waals surface area contributed by atoms with Gasteiger partial charge in [0.2, 0.25) is 0 Å². The molecule has 0 amide bonds. The SMILES string of the molecule is CCc1ccc(OCCOc2ccc(C(=N)N)cc2)cc1. The lowest BCUT2D eigenvalue weighted by Gasteiger charge is -2.09. The molecule has 0 aliphatic rings. The van der Waals surface area contributed by atoms with E-state index in [4.69, 9.17) is 20.6 Å². The summed E-state index contributed by atoms with van der Waals surface area (Å²) in [5.74, 6) is 1.65. The number of aryl methyl sites for hydroxylation is 1. The van der Waals surface area contributed by atoms with Crippen molar-refractivity contribution in [1.29, 1.82) is 5.41 Å². The first-order chi connectivity index (χ1) is 10.2. The Kier molecular flexibility index (Phi) is 5.21. The molecule has 0 aliphatic carbocycles. The van der Waals surface area contributed by atoms with Crippen LogP contribution in [0.1, 0.15) is 18.1 Å². The van der Waals surface area contributed by atoms with Gasteiger partial charge in [0.25, 0.3) is 0 Å². The van der Waals surface area contributed by atoms with Crippen molar-refractivity contribution in [2.45, 2.75) is 13.3 Å². The van der Waals surface area contributed by atoms with Gasteiger partial charge in [0, 0.05) is 5.56 Å². The Morgan fingerprint density at radius 1 is 0.905 bits per heavy atom. The normalized spacial score (nSPS) is 10.1. The van der Waals surface area contributed by atoms with Gasteiger partial charge in [-0.1, -0.05) is 19.1 Å². The van der Waals surface area contributed by atoms with Gasteiger partial charge < -0.3 is 15.2 Å². The third-order valence-corrected chi connectivity index (χ3v) is 3.12. The quantitative estimate of drug-likeness (QED) is 0.466. The van der Waals surface area contributed by atoms with Crippen LogP contribution in [-0.2, 0) is 6.42 Å². The van der Waals surface area contributed by atoms with Crippen molar-refractivity contribution in [2.24, 2.45) is 5.73 Å². The summed E-state index contributed by atoms with van der Waals surface area (Å²) in [6.07, 6.45) is 1.03. The van der Waals surface area contributed by atoms with Gasteiger partial charge in [-0.05, 0) is 48.4 Å². The van der Waals surface area contributed by atoms with E-state index in [2.05, 4.69) is 19.1 Å². The summed E-state index contributed by atoms with van der Waals surface area (Å²) in [7, 11) is 0. The number of hydrogen-bond acceptors (Lipinski definition) is 3. The van der Waals surface area contributed by atoms with Crippen LogP contribution in [-0.4, -0.2) is 19.0 Å². The molecule has 0 bridgehead atoms. The summed E-state index contributed by atoms with van der Waals surface area (Å²) in [5.41, 5.74) is 7.38. The van der Waals surface area contributed by atoms with E-state index >= 15 is 0 Å². The van der Waals surface area contributed by atoms with Gasteiger partial charge in [-0.3, -0.25) is 5.41 Å². The predicted octanol–water partition coefficient (Wildman–Crippen LogP) is 2.99. The average Bonchev–Trinajstić information content (AvgIpc) is 2.52. The highest BCUT2D eigenvalue weighted by molar-refractivity contribution is 5.94. The van der Waals surface area contributed by atoms with Crippen LogP contribution in [0.25, 0.3) is 0 Å². The van der Waals surface area contributed by atoms with Gasteiger partial charge in [-0.15, -0.1) is 0 Å². The summed E-state index contributed by atoms with van der Waals surface area (Å²) in [4.78, 5) is 0. The lowest BCUT2D eigenvalue weighted by Crippen LogP contribution is -2.11. The molecule has 0 saturated heterocycles. The molecule has 0 radical (unpaired) electrons. The molecule has 0 atom stereocenters. The highest BCUT2D eigenvalue weighted by Crippen LogP contribution is 2.14. The molecule has 2 aromatic rings. The Morgan fingerprint density at radius 2 is 1.38 bits per heavy atom. The first-order valence-corrected chi connectivity index (χ1v) is 6.98. The Bertz CT molecular complexity index is 577. The number of rotatable bonds is 7. The zero-order valence-electron chi connectivity index (χ0n) is 12.1. The number of amidine groups is 1. The molecule has 2 aromatic carbocycles. The molecule has 0 aliphatic heterocycles. The van der Waals surface area contributed by atoms with Crippen LogP contribution in [0.3, 0.4) is 0 Å². The van der Waals surface area contributed by atoms with E-state index in [1.165, 1.54) is 5.56 Å². The Hall–Kier alpha value is -2.49. The lowest BCUT2D eigenvalue weighted by atomic mass is 10.2. The molecule has 0 heterocycles. The van der Waals surface area contributed by atoms with Crippen LogP contribution in [0.4, 0.5) is 0 Å². The van der Waals surface area contributed by atoms with E-state index in [0.717, 1.165) is 17.9 Å². The second-order valence-corrected chi connectivity index (χ2v) is 4.63. The van der Waals surface area contributed by atoms with E-state index in [0.29, 0.717) is 18.8 Å². The number of nitrogens with one attached hydrogen (secondary N) is 1. The van der Waals surface area contributed by atoms with Crippen molar-refractivity contribution in [3.8, 4) is 11.5 Å². The fourth-order valence-electron chi connectivity index (χ4n) is 1.87. The Labute approximate surface area is 125 Å². The maximum atomic E-state index is 7.31. The Morgan fingerprint density at radius 3 is 1.81 bits per heavy atom.